The topological polar surface area (TPSA) is 47.6 Å². The summed E-state index contributed by atoms with van der Waals surface area (Å²) in [5.41, 5.74) is 0. The highest BCUT2D eigenvalue weighted by molar-refractivity contribution is 5.74. The largest absolute Gasteiger partial charge is 0.463 e. The number of ether oxygens (including phenoxy) is 2. The van der Waals surface area contributed by atoms with E-state index in [1.807, 2.05) is 0 Å². The molecule has 4 heteroatoms. The van der Waals surface area contributed by atoms with Crippen LogP contribution in [0, 0.1) is 11.8 Å². The Kier molecular flexibility index (Phi) is 7.21. The van der Waals surface area contributed by atoms with Crippen molar-refractivity contribution in [2.45, 2.75) is 33.1 Å². The number of hydrogen-bond acceptors (Lipinski definition) is 4. The molecule has 0 aromatic carbocycles. The lowest BCUT2D eigenvalue weighted by Gasteiger charge is -2.08. The van der Waals surface area contributed by atoms with Gasteiger partial charge in [0.05, 0.1) is 19.1 Å². The van der Waals surface area contributed by atoms with Crippen molar-refractivity contribution in [3.05, 3.63) is 0 Å². The Morgan fingerprint density at radius 3 is 2.65 bits per heavy atom. The van der Waals surface area contributed by atoms with Crippen molar-refractivity contribution < 1.29 is 14.3 Å². The molecule has 1 aliphatic rings. The molecule has 0 radical (unpaired) electrons. The van der Waals surface area contributed by atoms with Crippen molar-refractivity contribution >= 4 is 5.97 Å². The highest BCUT2D eigenvalue weighted by Gasteiger charge is 2.30. The Hall–Kier alpha value is -0.610. The predicted octanol–water partition coefficient (Wildman–Crippen LogP) is 1.59. The Morgan fingerprint density at radius 1 is 1.24 bits per heavy atom. The molecule has 1 rings (SSSR count). The van der Waals surface area contributed by atoms with Gasteiger partial charge in [-0.05, 0) is 31.7 Å². The molecular weight excluding hydrogens is 218 g/mol. The summed E-state index contributed by atoms with van der Waals surface area (Å²) in [6.07, 6.45) is 3.19. The highest BCUT2D eigenvalue weighted by Crippen LogP contribution is 2.29. The van der Waals surface area contributed by atoms with Crippen LogP contribution in [0.15, 0.2) is 0 Å². The van der Waals surface area contributed by atoms with Gasteiger partial charge in [-0.2, -0.15) is 0 Å². The fourth-order valence-electron chi connectivity index (χ4n) is 1.40. The zero-order chi connectivity index (χ0) is 12.5. The van der Waals surface area contributed by atoms with E-state index >= 15 is 0 Å². The third kappa shape index (κ3) is 8.16. The lowest BCUT2D eigenvalue weighted by atomic mass is 10.1. The Morgan fingerprint density at radius 2 is 2.00 bits per heavy atom. The van der Waals surface area contributed by atoms with E-state index in [1.165, 1.54) is 6.42 Å². The number of carbonyl (C=O) groups is 1. The number of esters is 1. The molecule has 1 saturated carbocycles. The molecule has 1 aliphatic carbocycles. The fourth-order valence-corrected chi connectivity index (χ4v) is 1.40. The monoisotopic (exact) mass is 243 g/mol. The van der Waals surface area contributed by atoms with E-state index in [0.717, 1.165) is 31.8 Å². The first-order valence-electron chi connectivity index (χ1n) is 6.65. The molecule has 0 aromatic heterocycles. The van der Waals surface area contributed by atoms with Crippen molar-refractivity contribution in [3.8, 4) is 0 Å². The highest BCUT2D eigenvalue weighted by atomic mass is 16.6. The maximum absolute atomic E-state index is 11.2. The first kappa shape index (κ1) is 14.5. The molecule has 4 nitrogen and oxygen atoms in total. The van der Waals surface area contributed by atoms with Gasteiger partial charge < -0.3 is 14.8 Å². The average Bonchev–Trinajstić information content (AvgIpc) is 3.09. The molecule has 0 aliphatic heterocycles. The molecule has 0 atom stereocenters. The Labute approximate surface area is 104 Å². The molecule has 0 bridgehead atoms. The summed E-state index contributed by atoms with van der Waals surface area (Å²) >= 11 is 0. The van der Waals surface area contributed by atoms with Crippen molar-refractivity contribution in [1.29, 1.82) is 0 Å². The summed E-state index contributed by atoms with van der Waals surface area (Å²) in [6.45, 7) is 7.91. The van der Waals surface area contributed by atoms with Gasteiger partial charge in [0, 0.05) is 6.54 Å². The molecule has 0 heterocycles. The second kappa shape index (κ2) is 8.48. The average molecular weight is 243 g/mol. The normalized spacial score (nSPS) is 15.2. The Balaban J connectivity index is 1.73. The number of rotatable bonds is 10. The minimum absolute atomic E-state index is 0.0522. The smallest absolute Gasteiger partial charge is 0.309 e. The molecular formula is C13H25NO3. The summed E-state index contributed by atoms with van der Waals surface area (Å²) in [6, 6.07) is 0. The van der Waals surface area contributed by atoms with E-state index in [4.69, 9.17) is 9.47 Å². The van der Waals surface area contributed by atoms with Crippen LogP contribution in [-0.4, -0.2) is 38.9 Å². The van der Waals surface area contributed by atoms with E-state index in [-0.39, 0.29) is 11.9 Å². The maximum atomic E-state index is 11.2. The van der Waals surface area contributed by atoms with Crippen LogP contribution in [0.1, 0.15) is 33.1 Å². The van der Waals surface area contributed by atoms with Gasteiger partial charge >= 0.3 is 5.97 Å². The van der Waals surface area contributed by atoms with E-state index in [1.54, 1.807) is 0 Å². The zero-order valence-electron chi connectivity index (χ0n) is 11.0. The first-order valence-corrected chi connectivity index (χ1v) is 6.65. The predicted molar refractivity (Wildman–Crippen MR) is 66.8 cm³/mol. The van der Waals surface area contributed by atoms with Gasteiger partial charge in [-0.15, -0.1) is 0 Å². The van der Waals surface area contributed by atoms with Crippen LogP contribution in [0.3, 0.4) is 0 Å². The Bertz CT molecular complexity index is 215. The standard InChI is InChI=1S/C13H25NO3/c1-11(2)5-6-14-7-8-16-9-10-17-13(15)12-3-4-12/h11-12,14H,3-10H2,1-2H3. The van der Waals surface area contributed by atoms with Crippen LogP contribution in [0.25, 0.3) is 0 Å². The third-order valence-corrected chi connectivity index (χ3v) is 2.70. The maximum Gasteiger partial charge on any atom is 0.309 e. The van der Waals surface area contributed by atoms with Gasteiger partial charge in [-0.3, -0.25) is 4.79 Å². The molecule has 1 N–H and O–H groups in total. The first-order chi connectivity index (χ1) is 8.20. The molecule has 0 saturated heterocycles. The van der Waals surface area contributed by atoms with Gasteiger partial charge in [0.2, 0.25) is 0 Å². The number of hydrogen-bond donors (Lipinski definition) is 1. The van der Waals surface area contributed by atoms with Crippen LogP contribution >= 0.6 is 0 Å². The molecule has 1 fully saturated rings. The van der Waals surface area contributed by atoms with E-state index in [0.29, 0.717) is 19.8 Å². The molecule has 0 aromatic rings. The molecule has 100 valence electrons. The van der Waals surface area contributed by atoms with Crippen LogP contribution in [-0.2, 0) is 14.3 Å². The van der Waals surface area contributed by atoms with Crippen LogP contribution < -0.4 is 5.32 Å². The molecule has 0 amide bonds. The third-order valence-electron chi connectivity index (χ3n) is 2.70. The van der Waals surface area contributed by atoms with Gasteiger partial charge in [0.25, 0.3) is 0 Å². The van der Waals surface area contributed by atoms with Gasteiger partial charge in [-0.25, -0.2) is 0 Å². The van der Waals surface area contributed by atoms with Crippen LogP contribution in [0.5, 0.6) is 0 Å². The second-order valence-electron chi connectivity index (χ2n) is 4.99. The van der Waals surface area contributed by atoms with Crippen molar-refractivity contribution in [2.24, 2.45) is 11.8 Å². The molecule has 0 unspecified atom stereocenters. The van der Waals surface area contributed by atoms with Crippen molar-refractivity contribution in [1.82, 2.24) is 5.32 Å². The zero-order valence-corrected chi connectivity index (χ0v) is 11.0. The second-order valence-corrected chi connectivity index (χ2v) is 4.99. The van der Waals surface area contributed by atoms with Crippen LogP contribution in [0.4, 0.5) is 0 Å². The summed E-state index contributed by atoms with van der Waals surface area (Å²) in [7, 11) is 0. The summed E-state index contributed by atoms with van der Waals surface area (Å²) in [5.74, 6) is 0.876. The minimum Gasteiger partial charge on any atom is -0.463 e. The van der Waals surface area contributed by atoms with Gasteiger partial charge in [0.1, 0.15) is 6.61 Å². The van der Waals surface area contributed by atoms with E-state index < -0.39 is 0 Å². The van der Waals surface area contributed by atoms with E-state index in [9.17, 15) is 4.79 Å². The number of carbonyl (C=O) groups excluding carboxylic acids is 1. The summed E-state index contributed by atoms with van der Waals surface area (Å²) < 4.78 is 10.4. The lowest BCUT2D eigenvalue weighted by molar-refractivity contribution is -0.146. The fraction of sp³-hybridized carbons (Fsp3) is 0.923. The molecule has 17 heavy (non-hydrogen) atoms. The summed E-state index contributed by atoms with van der Waals surface area (Å²) in [4.78, 5) is 11.2. The van der Waals surface area contributed by atoms with Gasteiger partial charge in [0.15, 0.2) is 0 Å². The van der Waals surface area contributed by atoms with E-state index in [2.05, 4.69) is 19.2 Å². The lowest BCUT2D eigenvalue weighted by Crippen LogP contribution is -2.23. The molecule has 0 spiro atoms. The summed E-state index contributed by atoms with van der Waals surface area (Å²) in [5, 5.41) is 3.31. The van der Waals surface area contributed by atoms with Crippen molar-refractivity contribution in [2.75, 3.05) is 32.9 Å². The van der Waals surface area contributed by atoms with Gasteiger partial charge in [-0.1, -0.05) is 13.8 Å². The quantitative estimate of drug-likeness (QED) is 0.467. The number of nitrogens with one attached hydrogen (secondary N) is 1. The van der Waals surface area contributed by atoms with Crippen molar-refractivity contribution in [3.63, 3.8) is 0 Å². The minimum atomic E-state index is -0.0522. The SMILES string of the molecule is CC(C)CCNCCOCCOC(=O)C1CC1. The van der Waals surface area contributed by atoms with Crippen LogP contribution in [0.2, 0.25) is 0 Å².